The molecular formula is C87H152Cl8N20Na2O14S. The van der Waals surface area contributed by atoms with Crippen molar-refractivity contribution in [2.75, 3.05) is 230 Å². The van der Waals surface area contributed by atoms with E-state index >= 15 is 0 Å². The molecule has 5 atom stereocenters. The number of rotatable bonds is 29. The van der Waals surface area contributed by atoms with Gasteiger partial charge in [-0.25, -0.2) is 0 Å². The summed E-state index contributed by atoms with van der Waals surface area (Å²) in [6, 6.07) is 47.2. The van der Waals surface area contributed by atoms with Crippen LogP contribution in [0.1, 0.15) is 88.0 Å². The van der Waals surface area contributed by atoms with Crippen LogP contribution < -0.4 is 102 Å². The van der Waals surface area contributed by atoms with Crippen molar-refractivity contribution in [1.82, 2.24) is 70.0 Å². The fraction of sp³-hybridized carbons (Fsp3) is 0.575. The van der Waals surface area contributed by atoms with Crippen molar-refractivity contribution in [1.29, 1.82) is 0 Å². The number of anilines is 4. The van der Waals surface area contributed by atoms with Gasteiger partial charge in [-0.15, -0.1) is 55.2 Å². The minimum Gasteiger partial charge on any atom is -1.00 e. The number of halogens is 8. The number of carbonyl (C=O) groups is 1. The Balaban J connectivity index is -0.000000222. The number of nitrogens with two attached hydrogens (primary N) is 4. The summed E-state index contributed by atoms with van der Waals surface area (Å²) in [6.45, 7) is 32.4. The van der Waals surface area contributed by atoms with Crippen LogP contribution in [0.25, 0.3) is 11.3 Å². The monoisotopic (exact) mass is 2060 g/mol. The Labute approximate surface area is 871 Å². The second-order valence-corrected chi connectivity index (χ2v) is 34.1. The van der Waals surface area contributed by atoms with Crippen molar-refractivity contribution in [2.24, 2.45) is 11.5 Å². The molecule has 7 aromatic rings. The first-order chi connectivity index (χ1) is 60.5. The normalized spacial score (nSPS) is 14.5. The van der Waals surface area contributed by atoms with Crippen LogP contribution in [0.4, 0.5) is 23.5 Å². The Hall–Kier alpha value is -3.74. The molecule has 4 saturated heterocycles. The number of aliphatic hydroxyl groups is 9. The molecule has 4 fully saturated rings. The Kier molecular flexibility index (Phi) is 96.2. The van der Waals surface area contributed by atoms with Crippen LogP contribution in [-0.2, 0) is 44.1 Å². The van der Waals surface area contributed by atoms with E-state index in [4.69, 9.17) is 152 Å². The van der Waals surface area contributed by atoms with E-state index in [2.05, 4.69) is 160 Å². The van der Waals surface area contributed by atoms with E-state index in [9.17, 15) is 5.11 Å². The second kappa shape index (κ2) is 89.9. The molecule has 748 valence electrons. The molecule has 5 unspecified atom stereocenters. The van der Waals surface area contributed by atoms with Crippen molar-refractivity contribution in [3.63, 3.8) is 0 Å². The maximum atomic E-state index is 9.26. The predicted octanol–water partition coefficient (Wildman–Crippen LogP) is 1.54. The summed E-state index contributed by atoms with van der Waals surface area (Å²) >= 11 is 34.3. The zero-order valence-corrected chi connectivity index (χ0v) is 85.9. The van der Waals surface area contributed by atoms with Crippen molar-refractivity contribution in [3.8, 4) is 11.3 Å². The number of piperazine rings is 4. The number of aromatic nitrogens is 6. The Morgan fingerprint density at radius 3 is 1.11 bits per heavy atom. The van der Waals surface area contributed by atoms with Gasteiger partial charge in [-0.3, -0.25) is 39.1 Å². The van der Waals surface area contributed by atoms with Crippen LogP contribution in [-0.4, -0.2) is 364 Å². The molecule has 132 heavy (non-hydrogen) atoms. The third kappa shape index (κ3) is 66.8. The minimum atomic E-state index is -3.72. The molecule has 11 rings (SSSR count). The van der Waals surface area contributed by atoms with Crippen LogP contribution in [0.2, 0.25) is 15.2 Å². The quantitative estimate of drug-likeness (QED) is 0.00789. The molecule has 4 aliphatic heterocycles. The van der Waals surface area contributed by atoms with Crippen LogP contribution in [0.3, 0.4) is 0 Å². The first kappa shape index (κ1) is 141. The number of carbonyl (C=O) groups excluding carboxylic acids is 1. The standard InChI is InChI=1S/C16H20Cl2N6O.C14H22N2O.C11H15Cl2N.C11H17NO2.C10H17ClN6O.C7H16N2O.C7H9N.C3H9NO.C2H5ClO.CH2O3.CH4O.4CH4.Cl2O2S.2Na.H/c1-10(9-25)23-5-7-24(8-6-23)16-20-15(19)14(21-22-16)11-3-2-4-12(17)13(11)18;1-13(12-17)16-9-7-15(8-10-16)11-14-5-3-2-4-6-14;12-6-8-14(9-7-13)10-11-4-2-1-3-5-11;13-8-6-12(7-9-14)10-11-4-2-1-3-5-11;1-7(6-18)16-2-4-17(5-3-16)10-13-9(12)8(11)14-15-10;1-7(6-10)9-4-2-8-3-5-9;8-6-7-4-2-1-3-5-7;1-3(4)2-5;3-1-2-4;2-1-4-3;1-2;;;;;1-5(2,3)4;;;/h2-4,10,25H,5-9H2,1H3,(H2,19,20,22);2-6,13,17H,7-12H2,1H3;1-5H,6-10H2;1-5,13-14H,6-10H2;7,18H,2-6H2,1H3,(H2,12,13,15);7-8,10H,2-6H2,1H3;1-5H,6,8H2;3,5H,2,4H2,1H3;4H,1-2H2;1,3H;2H,1H3;4*1H4;;;;/q;;;;;;;;;;;;;;;;2*+1;-1/p-1. The summed E-state index contributed by atoms with van der Waals surface area (Å²) in [5.74, 6) is 3.13. The Morgan fingerprint density at radius 2 is 0.811 bits per heavy atom. The zero-order chi connectivity index (χ0) is 94.5. The van der Waals surface area contributed by atoms with Gasteiger partial charge in [0.1, 0.15) is 5.69 Å². The maximum Gasteiger partial charge on any atom is 1.00 e. The Bertz CT molecular complexity index is 3820. The summed E-state index contributed by atoms with van der Waals surface area (Å²) in [4.78, 5) is 39.7. The number of hydrogen-bond acceptors (Lipinski definition) is 34. The minimum absolute atomic E-state index is 0. The van der Waals surface area contributed by atoms with Crippen LogP contribution >= 0.6 is 91.0 Å². The van der Waals surface area contributed by atoms with Gasteiger partial charge in [0.15, 0.2) is 16.8 Å². The van der Waals surface area contributed by atoms with Gasteiger partial charge in [0.05, 0.1) is 62.9 Å². The second-order valence-electron chi connectivity index (χ2n) is 28.2. The fourth-order valence-electron chi connectivity index (χ4n) is 11.7. The van der Waals surface area contributed by atoms with E-state index in [0.717, 1.165) is 145 Å². The van der Waals surface area contributed by atoms with E-state index in [1.54, 1.807) is 25.1 Å². The molecule has 45 heteroatoms. The molecule has 34 nitrogen and oxygen atoms in total. The van der Waals surface area contributed by atoms with Crippen molar-refractivity contribution >= 4 is 129 Å². The molecule has 0 amide bonds. The zero-order valence-electron chi connectivity index (χ0n) is 76.0. The SMILES string of the molecule is C.C.C.C.CC(CO)N1CCN(Cc2ccccc2)CC1.CC(CO)N1CCN(c2nnc(-c3cccc(Cl)c3Cl)c(N)n2)CC1.CC(CO)N1CCN(c2nnc(Cl)c(N)n2)CC1.CC(CO)N1CCNCC1.CC(N)CO.CO.ClCCN(CCCl)Cc1ccccc1.NCc1ccccc1.O=CO[O-].O=S(=O)(Cl)Cl.OCCCl.OCCN(CCO)Cc1ccccc1.[H-].[Na+].[Na+]. The molecule has 6 heterocycles. The molecule has 0 aliphatic carbocycles. The third-order valence-corrected chi connectivity index (χ3v) is 20.3. The van der Waals surface area contributed by atoms with E-state index < -0.39 is 8.26 Å². The Morgan fingerprint density at radius 1 is 0.485 bits per heavy atom. The summed E-state index contributed by atoms with van der Waals surface area (Å²) in [7, 11) is 5.81. The van der Waals surface area contributed by atoms with Gasteiger partial charge in [-0.2, -0.15) is 18.4 Å². The van der Waals surface area contributed by atoms with Crippen molar-refractivity contribution in [2.45, 2.75) is 121 Å². The molecule has 4 aliphatic rings. The van der Waals surface area contributed by atoms with Gasteiger partial charge in [-0.05, 0) is 62.9 Å². The summed E-state index contributed by atoms with van der Waals surface area (Å²) in [5, 5.41) is 106. The third-order valence-electron chi connectivity index (χ3n) is 18.7. The number of nitrogens with one attached hydrogen (secondary N) is 1. The molecule has 0 bridgehead atoms. The van der Waals surface area contributed by atoms with Crippen LogP contribution in [0, 0.1) is 0 Å². The number of nitrogen functional groups attached to an aromatic ring is 2. The molecule has 2 aromatic heterocycles. The fourth-order valence-corrected chi connectivity index (χ4v) is 12.6. The molecule has 0 spiro atoms. The maximum absolute atomic E-state index is 9.26. The number of benzene rings is 5. The average Bonchev–Trinajstić information content (AvgIpc) is 0.798. The van der Waals surface area contributed by atoms with Crippen LogP contribution in [0.15, 0.2) is 140 Å². The van der Waals surface area contributed by atoms with E-state index in [-0.39, 0.29) is 184 Å². The molecular weight excluding hydrogens is 1910 g/mol. The smallest absolute Gasteiger partial charge is 1.00 e. The first-order valence-electron chi connectivity index (χ1n) is 40.9. The van der Waals surface area contributed by atoms with Crippen molar-refractivity contribution in [3.05, 3.63) is 177 Å². The summed E-state index contributed by atoms with van der Waals surface area (Å²) < 4.78 is 18.3. The summed E-state index contributed by atoms with van der Waals surface area (Å²) in [6.07, 6.45) is 0. The van der Waals surface area contributed by atoms with Gasteiger partial charge in [-0.1, -0.05) is 198 Å². The number of aliphatic hydroxyl groups excluding tert-OH is 9. The largest absolute Gasteiger partial charge is 1.00 e. The topological polar surface area (TPSA) is 488 Å². The van der Waals surface area contributed by atoms with Crippen LogP contribution in [0.5, 0.6) is 0 Å². The summed E-state index contributed by atoms with van der Waals surface area (Å²) in [5.41, 5.74) is 28.2. The van der Waals surface area contributed by atoms with E-state index in [1.165, 1.54) is 22.3 Å². The number of alkyl halides is 3. The van der Waals surface area contributed by atoms with Crippen molar-refractivity contribution < 1.29 is 130 Å². The van der Waals surface area contributed by atoms with Gasteiger partial charge in [0.25, 0.3) is 6.47 Å². The predicted molar refractivity (Wildman–Crippen MR) is 536 cm³/mol. The molecule has 0 radical (unpaired) electrons. The van der Waals surface area contributed by atoms with Gasteiger partial charge >= 0.3 is 67.4 Å². The van der Waals surface area contributed by atoms with E-state index in [1.807, 2.05) is 95.3 Å². The number of nitrogens with zero attached hydrogens (tertiary/aromatic N) is 15. The molecule has 5 aromatic carbocycles. The van der Waals surface area contributed by atoms with Gasteiger partial charge in [0, 0.05) is 239 Å². The molecule has 18 N–H and O–H groups in total. The first-order valence-corrected chi connectivity index (χ1v) is 46.8. The van der Waals surface area contributed by atoms with E-state index in [0.29, 0.717) is 82.6 Å². The average molecular weight is 2060 g/mol. The van der Waals surface area contributed by atoms with Gasteiger partial charge in [0.2, 0.25) is 11.9 Å². The molecule has 0 saturated carbocycles. The van der Waals surface area contributed by atoms with Gasteiger partial charge < -0.3 is 95.6 Å². The number of hydrogen-bond donors (Lipinski definition) is 14.